The minimum Gasteiger partial charge on any atom is -0.495 e. The summed E-state index contributed by atoms with van der Waals surface area (Å²) in [6, 6.07) is 4.12. The van der Waals surface area contributed by atoms with Gasteiger partial charge >= 0.3 is 0 Å². The topological polar surface area (TPSA) is 30.5 Å². The minimum atomic E-state index is -0.152. The third-order valence-electron chi connectivity index (χ3n) is 3.23. The molecule has 0 spiro atoms. The number of rotatable bonds is 6. The summed E-state index contributed by atoms with van der Waals surface area (Å²) in [5.41, 5.74) is 1.84. The van der Waals surface area contributed by atoms with Crippen LogP contribution in [0.5, 0.6) is 5.75 Å². The van der Waals surface area contributed by atoms with Crippen molar-refractivity contribution in [2.45, 2.75) is 45.8 Å². The van der Waals surface area contributed by atoms with Crippen molar-refractivity contribution >= 4 is 17.3 Å². The fourth-order valence-corrected chi connectivity index (χ4v) is 2.24. The van der Waals surface area contributed by atoms with Crippen LogP contribution in [-0.2, 0) is 4.74 Å². The maximum absolute atomic E-state index is 6.10. The van der Waals surface area contributed by atoms with E-state index in [-0.39, 0.29) is 11.6 Å². The largest absolute Gasteiger partial charge is 0.495 e. The number of methoxy groups -OCH3 is 2. The quantitative estimate of drug-likeness (QED) is 0.846. The van der Waals surface area contributed by atoms with Gasteiger partial charge in [-0.1, -0.05) is 11.6 Å². The summed E-state index contributed by atoms with van der Waals surface area (Å²) in [5.74, 6) is 0.762. The Labute approximate surface area is 121 Å². The van der Waals surface area contributed by atoms with Gasteiger partial charge in [0.05, 0.1) is 18.4 Å². The highest BCUT2D eigenvalue weighted by atomic mass is 35.5. The van der Waals surface area contributed by atoms with Gasteiger partial charge in [0.25, 0.3) is 0 Å². The molecule has 0 bridgehead atoms. The molecule has 1 N–H and O–H groups in total. The van der Waals surface area contributed by atoms with E-state index in [4.69, 9.17) is 21.1 Å². The molecule has 1 unspecified atom stereocenters. The number of benzene rings is 1. The SMILES string of the molecule is COc1cc(Cl)c(C)cc1NC(C)CC(C)(C)OC. The van der Waals surface area contributed by atoms with E-state index < -0.39 is 0 Å². The first kappa shape index (κ1) is 16.1. The Hall–Kier alpha value is -0.930. The van der Waals surface area contributed by atoms with Gasteiger partial charge in [-0.25, -0.2) is 0 Å². The number of halogens is 1. The first-order valence-electron chi connectivity index (χ1n) is 6.45. The highest BCUT2D eigenvalue weighted by Gasteiger charge is 2.21. The number of hydrogen-bond donors (Lipinski definition) is 1. The summed E-state index contributed by atoms with van der Waals surface area (Å²) in [5, 5.41) is 4.17. The Morgan fingerprint density at radius 1 is 1.32 bits per heavy atom. The van der Waals surface area contributed by atoms with Crippen molar-refractivity contribution in [2.24, 2.45) is 0 Å². The van der Waals surface area contributed by atoms with Crippen LogP contribution in [0.15, 0.2) is 12.1 Å². The van der Waals surface area contributed by atoms with E-state index in [2.05, 4.69) is 26.1 Å². The molecule has 0 saturated heterocycles. The van der Waals surface area contributed by atoms with Crippen LogP contribution in [0.3, 0.4) is 0 Å². The van der Waals surface area contributed by atoms with Crippen LogP contribution in [0.4, 0.5) is 5.69 Å². The molecule has 0 fully saturated rings. The molecule has 0 amide bonds. The number of anilines is 1. The van der Waals surface area contributed by atoms with E-state index in [0.717, 1.165) is 23.4 Å². The Bertz CT molecular complexity index is 432. The van der Waals surface area contributed by atoms with Crippen LogP contribution >= 0.6 is 11.6 Å². The predicted octanol–water partition coefficient (Wildman–Crippen LogP) is 4.27. The molecule has 1 aromatic rings. The van der Waals surface area contributed by atoms with Crippen LogP contribution in [0.2, 0.25) is 5.02 Å². The van der Waals surface area contributed by atoms with Crippen LogP contribution in [0.25, 0.3) is 0 Å². The molecule has 108 valence electrons. The van der Waals surface area contributed by atoms with Gasteiger partial charge in [0.2, 0.25) is 0 Å². The predicted molar refractivity (Wildman–Crippen MR) is 81.5 cm³/mol. The summed E-state index contributed by atoms with van der Waals surface area (Å²) in [7, 11) is 3.38. The maximum Gasteiger partial charge on any atom is 0.143 e. The lowest BCUT2D eigenvalue weighted by Gasteiger charge is -2.28. The van der Waals surface area contributed by atoms with Crippen LogP contribution in [0, 0.1) is 6.92 Å². The van der Waals surface area contributed by atoms with Crippen molar-refractivity contribution in [3.8, 4) is 5.75 Å². The summed E-state index contributed by atoms with van der Waals surface area (Å²) >= 11 is 6.10. The Kier molecular flexibility index (Phi) is 5.50. The average molecular weight is 286 g/mol. The van der Waals surface area contributed by atoms with Gasteiger partial charge in [-0.05, 0) is 45.7 Å². The second-order valence-corrected chi connectivity index (χ2v) is 5.92. The molecule has 3 nitrogen and oxygen atoms in total. The first-order valence-corrected chi connectivity index (χ1v) is 6.82. The molecule has 19 heavy (non-hydrogen) atoms. The lowest BCUT2D eigenvalue weighted by Crippen LogP contribution is -2.31. The molecular weight excluding hydrogens is 262 g/mol. The fourth-order valence-electron chi connectivity index (χ4n) is 2.08. The lowest BCUT2D eigenvalue weighted by atomic mass is 9.99. The van der Waals surface area contributed by atoms with E-state index >= 15 is 0 Å². The van der Waals surface area contributed by atoms with Crippen molar-refractivity contribution in [1.82, 2.24) is 0 Å². The van der Waals surface area contributed by atoms with Gasteiger partial charge < -0.3 is 14.8 Å². The second-order valence-electron chi connectivity index (χ2n) is 5.52. The van der Waals surface area contributed by atoms with Gasteiger partial charge in [0.15, 0.2) is 0 Å². The molecule has 0 heterocycles. The standard InChI is InChI=1S/C15H24ClNO2/c1-10-7-13(14(18-5)8-12(10)16)17-11(2)9-15(3,4)19-6/h7-8,11,17H,9H2,1-6H3. The molecule has 1 aromatic carbocycles. The monoisotopic (exact) mass is 285 g/mol. The molecule has 0 aromatic heterocycles. The number of nitrogens with one attached hydrogen (secondary N) is 1. The van der Waals surface area contributed by atoms with Gasteiger partial charge in [0.1, 0.15) is 5.75 Å². The summed E-state index contributed by atoms with van der Waals surface area (Å²) < 4.78 is 10.8. The second kappa shape index (κ2) is 6.49. The van der Waals surface area contributed by atoms with Crippen molar-refractivity contribution in [3.63, 3.8) is 0 Å². The van der Waals surface area contributed by atoms with E-state index in [1.807, 2.05) is 19.1 Å². The minimum absolute atomic E-state index is 0.152. The summed E-state index contributed by atoms with van der Waals surface area (Å²) in [6.07, 6.45) is 0.897. The third-order valence-corrected chi connectivity index (χ3v) is 3.64. The third kappa shape index (κ3) is 4.59. The molecule has 0 aliphatic heterocycles. The van der Waals surface area contributed by atoms with Crippen LogP contribution < -0.4 is 10.1 Å². The molecular formula is C15H24ClNO2. The fraction of sp³-hybridized carbons (Fsp3) is 0.600. The smallest absolute Gasteiger partial charge is 0.143 e. The van der Waals surface area contributed by atoms with Crippen molar-refractivity contribution in [1.29, 1.82) is 0 Å². The zero-order chi connectivity index (χ0) is 14.6. The molecule has 4 heteroatoms. The molecule has 1 rings (SSSR count). The molecule has 0 saturated carbocycles. The lowest BCUT2D eigenvalue weighted by molar-refractivity contribution is 0.0128. The van der Waals surface area contributed by atoms with E-state index in [0.29, 0.717) is 5.02 Å². The van der Waals surface area contributed by atoms with Crippen molar-refractivity contribution in [2.75, 3.05) is 19.5 Å². The Morgan fingerprint density at radius 3 is 2.47 bits per heavy atom. The average Bonchev–Trinajstić information content (AvgIpc) is 2.32. The number of aryl methyl sites for hydroxylation is 1. The normalized spacial score (nSPS) is 13.2. The maximum atomic E-state index is 6.10. The summed E-state index contributed by atoms with van der Waals surface area (Å²) in [6.45, 7) is 8.27. The zero-order valence-electron chi connectivity index (χ0n) is 12.6. The van der Waals surface area contributed by atoms with Gasteiger partial charge in [0, 0.05) is 24.2 Å². The highest BCUT2D eigenvalue weighted by Crippen LogP contribution is 2.32. The summed E-state index contributed by atoms with van der Waals surface area (Å²) in [4.78, 5) is 0. The van der Waals surface area contributed by atoms with E-state index in [1.54, 1.807) is 14.2 Å². The molecule has 0 aliphatic rings. The van der Waals surface area contributed by atoms with Crippen LogP contribution in [-0.4, -0.2) is 25.9 Å². The highest BCUT2D eigenvalue weighted by molar-refractivity contribution is 6.31. The van der Waals surface area contributed by atoms with Crippen molar-refractivity contribution in [3.05, 3.63) is 22.7 Å². The molecule has 0 radical (unpaired) electrons. The Balaban J connectivity index is 2.84. The van der Waals surface area contributed by atoms with Crippen molar-refractivity contribution < 1.29 is 9.47 Å². The molecule has 0 aliphatic carbocycles. The first-order chi connectivity index (χ1) is 8.79. The zero-order valence-corrected chi connectivity index (χ0v) is 13.4. The Morgan fingerprint density at radius 2 is 1.95 bits per heavy atom. The van der Waals surface area contributed by atoms with Gasteiger partial charge in [-0.3, -0.25) is 0 Å². The van der Waals surface area contributed by atoms with Crippen LogP contribution in [0.1, 0.15) is 32.8 Å². The number of hydrogen-bond acceptors (Lipinski definition) is 3. The van der Waals surface area contributed by atoms with Gasteiger partial charge in [-0.15, -0.1) is 0 Å². The number of ether oxygens (including phenoxy) is 2. The molecule has 1 atom stereocenters. The van der Waals surface area contributed by atoms with E-state index in [9.17, 15) is 0 Å². The van der Waals surface area contributed by atoms with Gasteiger partial charge in [-0.2, -0.15) is 0 Å². The van der Waals surface area contributed by atoms with E-state index in [1.165, 1.54) is 0 Å².